The van der Waals surface area contributed by atoms with Gasteiger partial charge in [0.25, 0.3) is 0 Å². The van der Waals surface area contributed by atoms with Gasteiger partial charge in [0.1, 0.15) is 22.7 Å². The third kappa shape index (κ3) is 14.2. The molecule has 0 spiro atoms. The van der Waals surface area contributed by atoms with Gasteiger partial charge in [0.15, 0.2) is 0 Å². The van der Waals surface area contributed by atoms with E-state index in [1.807, 2.05) is 38.0 Å². The minimum absolute atomic E-state index is 0. The molecule has 0 saturated carbocycles. The second-order valence-electron chi connectivity index (χ2n) is 5.77. The molecule has 6 nitrogen and oxygen atoms in total. The number of hydrogen-bond acceptors (Lipinski definition) is 4. The molecule has 0 radical (unpaired) electrons. The predicted molar refractivity (Wildman–Crippen MR) is 93.0 cm³/mol. The van der Waals surface area contributed by atoms with Gasteiger partial charge in [0, 0.05) is 13.1 Å². The molecular weight excluding hydrogens is 343 g/mol. The minimum Gasteiger partial charge on any atom is -0.512 e. The molecular formula is C16H32CoN2O4+5. The minimum atomic E-state index is 0. The predicted octanol–water partition coefficient (Wildman–Crippen LogP) is 1.89. The molecule has 0 aromatic heterocycles. The average Bonchev–Trinajstić information content (AvgIpc) is 2.32. The molecule has 0 aliphatic heterocycles. The van der Waals surface area contributed by atoms with E-state index in [0.29, 0.717) is 24.2 Å². The first-order chi connectivity index (χ1) is 9.89. The molecule has 7 heteroatoms. The van der Waals surface area contributed by atoms with Gasteiger partial charge >= 0.3 is 28.3 Å². The van der Waals surface area contributed by atoms with Crippen LogP contribution in [0.25, 0.3) is 0 Å². The molecule has 134 valence electrons. The summed E-state index contributed by atoms with van der Waals surface area (Å²) in [6.07, 6.45) is 0. The Morgan fingerprint density at radius 2 is 0.913 bits per heavy atom. The molecule has 0 aliphatic carbocycles. The van der Waals surface area contributed by atoms with E-state index < -0.39 is 0 Å². The fourth-order valence-electron chi connectivity index (χ4n) is 1.61. The van der Waals surface area contributed by atoms with E-state index in [9.17, 15) is 0 Å². The summed E-state index contributed by atoms with van der Waals surface area (Å²) in [6, 6.07) is 0. The Morgan fingerprint density at radius 1 is 0.696 bits per heavy atom. The maximum atomic E-state index is 9.10. The molecule has 0 rings (SSSR count). The van der Waals surface area contributed by atoms with Crippen molar-refractivity contribution in [1.29, 1.82) is 0 Å². The smallest absolute Gasteiger partial charge is 0.512 e. The van der Waals surface area contributed by atoms with Crippen molar-refractivity contribution in [3.8, 4) is 0 Å². The second kappa shape index (κ2) is 13.3. The zero-order valence-corrected chi connectivity index (χ0v) is 16.5. The molecule has 0 fully saturated rings. The summed E-state index contributed by atoms with van der Waals surface area (Å²) in [4.78, 5) is 22.0. The van der Waals surface area contributed by atoms with Gasteiger partial charge < -0.3 is 20.0 Å². The Kier molecular flexibility index (Phi) is 15.5. The quantitative estimate of drug-likeness (QED) is 0.421. The van der Waals surface area contributed by atoms with Gasteiger partial charge in [-0.2, -0.15) is 0 Å². The Hall–Kier alpha value is -1.15. The average molecular weight is 375 g/mol. The summed E-state index contributed by atoms with van der Waals surface area (Å²) in [5.41, 5.74) is 1.19. The van der Waals surface area contributed by atoms with Gasteiger partial charge in [-0.05, 0) is 42.0 Å². The fourth-order valence-corrected chi connectivity index (χ4v) is 1.61. The number of ketones is 2. The van der Waals surface area contributed by atoms with Crippen LogP contribution >= 0.6 is 0 Å². The third-order valence-corrected chi connectivity index (χ3v) is 2.70. The van der Waals surface area contributed by atoms with Gasteiger partial charge in [-0.15, -0.1) is 0 Å². The van der Waals surface area contributed by atoms with Crippen molar-refractivity contribution in [3.05, 3.63) is 22.7 Å². The van der Waals surface area contributed by atoms with Crippen LogP contribution in [0.2, 0.25) is 0 Å². The molecule has 0 saturated heterocycles. The second-order valence-corrected chi connectivity index (χ2v) is 5.77. The van der Waals surface area contributed by atoms with Gasteiger partial charge in [0.05, 0.1) is 13.8 Å². The first-order valence-corrected chi connectivity index (χ1v) is 7.02. The zero-order chi connectivity index (χ0) is 18.0. The van der Waals surface area contributed by atoms with E-state index in [0.717, 1.165) is 0 Å². The van der Waals surface area contributed by atoms with Crippen molar-refractivity contribution >= 4 is 11.6 Å². The van der Waals surface area contributed by atoms with Crippen LogP contribution in [0, 0.1) is 0 Å². The van der Waals surface area contributed by atoms with Gasteiger partial charge in [-0.25, -0.2) is 0 Å². The van der Waals surface area contributed by atoms with E-state index in [1.54, 1.807) is 27.7 Å². The SMILES string of the molecule is CC(=[OH+])/C(CN(C)C)=C(/C)O.CC(=[OH+])/C(CN(C)C)=C(/C)O.[Co+3]. The van der Waals surface area contributed by atoms with Crippen LogP contribution < -0.4 is 0 Å². The van der Waals surface area contributed by atoms with Crippen LogP contribution in [-0.2, 0) is 16.8 Å². The number of rotatable bonds is 6. The van der Waals surface area contributed by atoms with Crippen molar-refractivity contribution in [2.75, 3.05) is 41.3 Å². The van der Waals surface area contributed by atoms with Crippen LogP contribution in [0.15, 0.2) is 22.7 Å². The van der Waals surface area contributed by atoms with E-state index in [-0.39, 0.29) is 39.9 Å². The number of aliphatic hydroxyl groups excluding tert-OH is 2. The Balaban J connectivity index is -0.000000333. The number of carbonyl (C=O) groups excluding carboxylic acids is 2. The van der Waals surface area contributed by atoms with Gasteiger partial charge in [-0.3, -0.25) is 9.59 Å². The third-order valence-electron chi connectivity index (χ3n) is 2.70. The van der Waals surface area contributed by atoms with Gasteiger partial charge in [-0.1, -0.05) is 0 Å². The van der Waals surface area contributed by atoms with Crippen LogP contribution in [-0.4, -0.2) is 82.4 Å². The summed E-state index contributed by atoms with van der Waals surface area (Å²) in [5, 5.41) is 18.2. The molecule has 0 aliphatic rings. The monoisotopic (exact) mass is 375 g/mol. The molecule has 0 atom stereocenters. The maximum Gasteiger partial charge on any atom is 3.00 e. The molecule has 0 aromatic rings. The van der Waals surface area contributed by atoms with Crippen molar-refractivity contribution in [1.82, 2.24) is 9.80 Å². The van der Waals surface area contributed by atoms with Crippen LogP contribution in [0.1, 0.15) is 27.7 Å². The summed E-state index contributed by atoms with van der Waals surface area (Å²) in [7, 11) is 7.52. The number of aliphatic hydroxyl groups is 2. The first kappa shape index (κ1) is 26.7. The van der Waals surface area contributed by atoms with Crippen molar-refractivity contribution in [2.24, 2.45) is 0 Å². The van der Waals surface area contributed by atoms with Crippen LogP contribution in [0.3, 0.4) is 0 Å². The topological polar surface area (TPSA) is 89.7 Å². The normalized spacial score (nSPS) is 12.6. The van der Waals surface area contributed by atoms with E-state index >= 15 is 0 Å². The first-order valence-electron chi connectivity index (χ1n) is 7.02. The summed E-state index contributed by atoms with van der Waals surface area (Å²) >= 11 is 0. The van der Waals surface area contributed by atoms with Crippen molar-refractivity contribution in [2.45, 2.75) is 27.7 Å². The number of allylic oxidation sites excluding steroid dienone is 2. The summed E-state index contributed by atoms with van der Waals surface area (Å²) in [6.45, 7) is 7.39. The molecule has 0 bridgehead atoms. The van der Waals surface area contributed by atoms with Crippen molar-refractivity contribution in [3.63, 3.8) is 0 Å². The molecule has 0 unspecified atom stereocenters. The molecule has 0 aromatic carbocycles. The number of nitrogens with zero attached hydrogens (tertiary/aromatic N) is 2. The number of likely N-dealkylation sites (N-methyl/N-ethyl adjacent to an activating group) is 2. The van der Waals surface area contributed by atoms with Crippen LogP contribution in [0.4, 0.5) is 0 Å². The number of hydrogen-bond donors (Lipinski definition) is 2. The summed E-state index contributed by atoms with van der Waals surface area (Å²) < 4.78 is 0. The molecule has 0 heterocycles. The standard InChI is InChI=1S/2C8H15NO2.Co/c2*1-6(10)8(7(2)11)5-9(3)4;/h2*10H,5H2,1-4H3;/q;;+3/p+2/b2*8-6-;. The zero-order valence-electron chi connectivity index (χ0n) is 15.4. The molecule has 4 N–H and O–H groups in total. The fraction of sp³-hybridized carbons (Fsp3) is 0.625. The Bertz CT molecular complexity index is 405. The molecule has 0 amide bonds. The Morgan fingerprint density at radius 3 is 0.957 bits per heavy atom. The Labute approximate surface area is 150 Å². The maximum absolute atomic E-state index is 9.10. The van der Waals surface area contributed by atoms with Crippen molar-refractivity contribution < 1.29 is 36.6 Å². The summed E-state index contributed by atoms with van der Waals surface area (Å²) in [5.74, 6) is 0.717. The van der Waals surface area contributed by atoms with E-state index in [2.05, 4.69) is 0 Å². The van der Waals surface area contributed by atoms with E-state index in [4.69, 9.17) is 19.8 Å². The van der Waals surface area contributed by atoms with Crippen LogP contribution in [0.5, 0.6) is 0 Å². The molecule has 23 heavy (non-hydrogen) atoms. The largest absolute Gasteiger partial charge is 3.00 e. The van der Waals surface area contributed by atoms with Gasteiger partial charge in [0.2, 0.25) is 0 Å². The van der Waals surface area contributed by atoms with E-state index in [1.165, 1.54) is 0 Å².